The van der Waals surface area contributed by atoms with Crippen molar-refractivity contribution in [1.29, 1.82) is 0 Å². The summed E-state index contributed by atoms with van der Waals surface area (Å²) in [5, 5.41) is 0. The van der Waals surface area contributed by atoms with Crippen molar-refractivity contribution in [3.05, 3.63) is 0 Å². The molecule has 1 amide bonds. The van der Waals surface area contributed by atoms with E-state index in [0.717, 1.165) is 0 Å². The SMILES string of the molecule is CCOC(=O)[C@@H]1CSCN1C(=O)CC(C)=O. The lowest BCUT2D eigenvalue weighted by molar-refractivity contribution is -0.153. The third-order valence-corrected chi connectivity index (χ3v) is 3.17. The summed E-state index contributed by atoms with van der Waals surface area (Å²) in [6.07, 6.45) is -0.142. The number of nitrogens with zero attached hydrogens (tertiary/aromatic N) is 1. The van der Waals surface area contributed by atoms with E-state index in [1.807, 2.05) is 0 Å². The Bertz CT molecular complexity index is 305. The summed E-state index contributed by atoms with van der Waals surface area (Å²) in [6.45, 7) is 3.39. The van der Waals surface area contributed by atoms with Crippen LogP contribution in [0.4, 0.5) is 0 Å². The van der Waals surface area contributed by atoms with Gasteiger partial charge in [-0.25, -0.2) is 4.79 Å². The molecule has 1 atom stereocenters. The fraction of sp³-hybridized carbons (Fsp3) is 0.700. The lowest BCUT2D eigenvalue weighted by Crippen LogP contribution is -2.43. The Morgan fingerprint density at radius 1 is 1.44 bits per heavy atom. The molecule has 0 N–H and O–H groups in total. The standard InChI is InChI=1S/C10H15NO4S/c1-3-15-10(14)8-5-16-6-11(8)9(13)4-7(2)12/h8H,3-6H2,1-2H3/t8-/m0/s1. The van der Waals surface area contributed by atoms with Gasteiger partial charge >= 0.3 is 5.97 Å². The maximum atomic E-state index is 11.7. The highest BCUT2D eigenvalue weighted by Crippen LogP contribution is 2.22. The zero-order chi connectivity index (χ0) is 12.1. The molecule has 6 heteroatoms. The van der Waals surface area contributed by atoms with E-state index in [-0.39, 0.29) is 24.1 Å². The fourth-order valence-electron chi connectivity index (χ4n) is 1.44. The monoisotopic (exact) mass is 245 g/mol. The molecule has 5 nitrogen and oxygen atoms in total. The predicted molar refractivity (Wildman–Crippen MR) is 59.9 cm³/mol. The summed E-state index contributed by atoms with van der Waals surface area (Å²) in [6, 6.07) is -0.531. The molecule has 0 bridgehead atoms. The second-order valence-corrected chi connectivity index (χ2v) is 4.51. The second-order valence-electron chi connectivity index (χ2n) is 3.51. The van der Waals surface area contributed by atoms with Crippen LogP contribution < -0.4 is 0 Å². The van der Waals surface area contributed by atoms with Crippen molar-refractivity contribution < 1.29 is 19.1 Å². The lowest BCUT2D eigenvalue weighted by Gasteiger charge is -2.21. The van der Waals surface area contributed by atoms with Gasteiger partial charge in [0.2, 0.25) is 5.91 Å². The van der Waals surface area contributed by atoms with Crippen LogP contribution in [0.1, 0.15) is 20.3 Å². The van der Waals surface area contributed by atoms with Crippen molar-refractivity contribution in [2.45, 2.75) is 26.3 Å². The van der Waals surface area contributed by atoms with Gasteiger partial charge in [-0.15, -0.1) is 11.8 Å². The van der Waals surface area contributed by atoms with Gasteiger partial charge in [-0.1, -0.05) is 0 Å². The van der Waals surface area contributed by atoms with E-state index < -0.39 is 6.04 Å². The molecule has 1 fully saturated rings. The minimum absolute atomic E-state index is 0.142. The van der Waals surface area contributed by atoms with Crippen LogP contribution in [0.3, 0.4) is 0 Å². The Hall–Kier alpha value is -1.04. The van der Waals surface area contributed by atoms with Crippen molar-refractivity contribution in [3.63, 3.8) is 0 Å². The van der Waals surface area contributed by atoms with Gasteiger partial charge in [0.05, 0.1) is 18.9 Å². The molecule has 16 heavy (non-hydrogen) atoms. The largest absolute Gasteiger partial charge is 0.464 e. The first kappa shape index (κ1) is 13.0. The van der Waals surface area contributed by atoms with E-state index in [1.165, 1.54) is 23.6 Å². The number of carbonyl (C=O) groups is 3. The number of ketones is 1. The number of Topliss-reactive ketones (excluding diaryl/α,β-unsaturated/α-hetero) is 1. The average molecular weight is 245 g/mol. The molecule has 1 saturated heterocycles. The van der Waals surface area contributed by atoms with Crippen LogP contribution in [0.2, 0.25) is 0 Å². The van der Waals surface area contributed by atoms with E-state index in [1.54, 1.807) is 6.92 Å². The Labute approximate surface area is 98.5 Å². The normalized spacial score (nSPS) is 19.6. The summed E-state index contributed by atoms with van der Waals surface area (Å²) < 4.78 is 4.88. The quantitative estimate of drug-likeness (QED) is 0.531. The summed E-state index contributed by atoms with van der Waals surface area (Å²) in [5.41, 5.74) is 0. The minimum Gasteiger partial charge on any atom is -0.464 e. The van der Waals surface area contributed by atoms with Crippen molar-refractivity contribution in [3.8, 4) is 0 Å². The van der Waals surface area contributed by atoms with Gasteiger partial charge in [-0.05, 0) is 13.8 Å². The van der Waals surface area contributed by atoms with Crippen molar-refractivity contribution in [2.24, 2.45) is 0 Å². The molecule has 0 radical (unpaired) electrons. The number of hydrogen-bond acceptors (Lipinski definition) is 5. The van der Waals surface area contributed by atoms with E-state index in [9.17, 15) is 14.4 Å². The number of carbonyl (C=O) groups excluding carboxylic acids is 3. The number of esters is 1. The predicted octanol–water partition coefficient (Wildman–Crippen LogP) is 0.430. The van der Waals surface area contributed by atoms with Gasteiger partial charge in [-0.2, -0.15) is 0 Å². The van der Waals surface area contributed by atoms with Crippen molar-refractivity contribution in [2.75, 3.05) is 18.2 Å². The number of amides is 1. The number of ether oxygens (including phenoxy) is 1. The molecule has 90 valence electrons. The van der Waals surface area contributed by atoms with Crippen LogP contribution in [0, 0.1) is 0 Å². The Morgan fingerprint density at radius 2 is 2.12 bits per heavy atom. The molecule has 0 aromatic rings. The smallest absolute Gasteiger partial charge is 0.329 e. The molecule has 1 heterocycles. The average Bonchev–Trinajstić information content (AvgIpc) is 2.65. The maximum absolute atomic E-state index is 11.7. The molecule has 1 rings (SSSR count). The molecule has 0 aromatic heterocycles. The van der Waals surface area contributed by atoms with E-state index in [2.05, 4.69) is 0 Å². The highest BCUT2D eigenvalue weighted by Gasteiger charge is 2.35. The van der Waals surface area contributed by atoms with Crippen LogP contribution in [-0.4, -0.2) is 46.8 Å². The zero-order valence-corrected chi connectivity index (χ0v) is 10.2. The van der Waals surface area contributed by atoms with Gasteiger partial charge < -0.3 is 9.64 Å². The molecule has 0 spiro atoms. The first-order chi connectivity index (χ1) is 7.56. The number of hydrogen-bond donors (Lipinski definition) is 0. The second kappa shape index (κ2) is 5.89. The Morgan fingerprint density at radius 3 is 2.69 bits per heavy atom. The molecule has 0 saturated carbocycles. The Kier molecular flexibility index (Phi) is 4.79. The van der Waals surface area contributed by atoms with Crippen LogP contribution in [-0.2, 0) is 19.1 Å². The summed E-state index contributed by atoms with van der Waals surface area (Å²) in [5.74, 6) is 0.127. The van der Waals surface area contributed by atoms with Gasteiger partial charge in [0, 0.05) is 5.75 Å². The summed E-state index contributed by atoms with van der Waals surface area (Å²) in [7, 11) is 0. The van der Waals surface area contributed by atoms with Gasteiger partial charge in [-0.3, -0.25) is 9.59 Å². The van der Waals surface area contributed by atoms with Crippen LogP contribution in [0.25, 0.3) is 0 Å². The van der Waals surface area contributed by atoms with Gasteiger partial charge in [0.1, 0.15) is 11.8 Å². The van der Waals surface area contributed by atoms with Crippen LogP contribution >= 0.6 is 11.8 Å². The third kappa shape index (κ3) is 3.23. The van der Waals surface area contributed by atoms with Gasteiger partial charge in [0.25, 0.3) is 0 Å². The van der Waals surface area contributed by atoms with Crippen molar-refractivity contribution in [1.82, 2.24) is 4.90 Å². The van der Waals surface area contributed by atoms with E-state index >= 15 is 0 Å². The molecular formula is C10H15NO4S. The number of thioether (sulfide) groups is 1. The first-order valence-electron chi connectivity index (χ1n) is 5.09. The molecule has 0 aromatic carbocycles. The lowest BCUT2D eigenvalue weighted by atomic mass is 10.2. The molecule has 1 aliphatic heterocycles. The minimum atomic E-state index is -0.531. The molecule has 0 unspecified atom stereocenters. The Balaban J connectivity index is 2.61. The first-order valence-corrected chi connectivity index (χ1v) is 6.25. The molecule has 0 aliphatic carbocycles. The third-order valence-electron chi connectivity index (χ3n) is 2.16. The summed E-state index contributed by atoms with van der Waals surface area (Å²) >= 11 is 1.49. The zero-order valence-electron chi connectivity index (χ0n) is 9.39. The van der Waals surface area contributed by atoms with E-state index in [4.69, 9.17) is 4.74 Å². The summed E-state index contributed by atoms with van der Waals surface area (Å²) in [4.78, 5) is 35.5. The van der Waals surface area contributed by atoms with Crippen molar-refractivity contribution >= 4 is 29.4 Å². The molecule has 1 aliphatic rings. The van der Waals surface area contributed by atoms with E-state index in [0.29, 0.717) is 18.2 Å². The topological polar surface area (TPSA) is 63.7 Å². The van der Waals surface area contributed by atoms with Crippen LogP contribution in [0.15, 0.2) is 0 Å². The van der Waals surface area contributed by atoms with Gasteiger partial charge in [0.15, 0.2) is 0 Å². The molecular weight excluding hydrogens is 230 g/mol. The highest BCUT2D eigenvalue weighted by atomic mass is 32.2. The maximum Gasteiger partial charge on any atom is 0.329 e. The highest BCUT2D eigenvalue weighted by molar-refractivity contribution is 7.99. The fourth-order valence-corrected chi connectivity index (χ4v) is 2.60. The number of rotatable bonds is 4. The van der Waals surface area contributed by atoms with Crippen LogP contribution in [0.5, 0.6) is 0 Å².